The number of rotatable bonds is 8. The summed E-state index contributed by atoms with van der Waals surface area (Å²) in [7, 11) is 0. The minimum absolute atomic E-state index is 0.0193. The van der Waals surface area contributed by atoms with Gasteiger partial charge < -0.3 is 25.0 Å². The number of para-hydroxylation sites is 1. The number of ether oxygens (including phenoxy) is 2. The van der Waals surface area contributed by atoms with Gasteiger partial charge in [-0.05, 0) is 68.4 Å². The van der Waals surface area contributed by atoms with Crippen LogP contribution >= 0.6 is 0 Å². The average molecular weight is 586 g/mol. The van der Waals surface area contributed by atoms with Gasteiger partial charge in [0.1, 0.15) is 17.4 Å². The lowest BCUT2D eigenvalue weighted by Crippen LogP contribution is -2.57. The van der Waals surface area contributed by atoms with Crippen LogP contribution in [0.5, 0.6) is 5.75 Å². The van der Waals surface area contributed by atoms with Gasteiger partial charge in [0.2, 0.25) is 17.7 Å². The van der Waals surface area contributed by atoms with Gasteiger partial charge in [0, 0.05) is 17.3 Å². The fraction of sp³-hybridized carbons (Fsp3) is 0.514. The van der Waals surface area contributed by atoms with Crippen LogP contribution in [0.3, 0.4) is 0 Å². The van der Waals surface area contributed by atoms with E-state index in [1.807, 2.05) is 75.4 Å². The molecule has 1 spiro atoms. The number of carbonyl (C=O) groups excluding carboxylic acids is 3. The van der Waals surface area contributed by atoms with Crippen molar-refractivity contribution in [3.8, 4) is 5.75 Å². The van der Waals surface area contributed by atoms with Crippen LogP contribution in [0.15, 0.2) is 54.6 Å². The zero-order valence-electron chi connectivity index (χ0n) is 25.8. The maximum atomic E-state index is 14.4. The Bertz CT molecular complexity index is 1450. The first-order valence-electron chi connectivity index (χ1n) is 15.7. The van der Waals surface area contributed by atoms with Gasteiger partial charge in [-0.2, -0.15) is 0 Å². The van der Waals surface area contributed by atoms with Crippen LogP contribution in [0.2, 0.25) is 0 Å². The fourth-order valence-corrected chi connectivity index (χ4v) is 7.64. The van der Waals surface area contributed by atoms with Crippen molar-refractivity contribution in [1.82, 2.24) is 10.2 Å². The van der Waals surface area contributed by atoms with Crippen molar-refractivity contribution in [3.05, 3.63) is 71.3 Å². The molecule has 43 heavy (non-hydrogen) atoms. The summed E-state index contributed by atoms with van der Waals surface area (Å²) in [4.78, 5) is 44.2. The Kier molecular flexibility index (Phi) is 7.84. The van der Waals surface area contributed by atoms with Gasteiger partial charge in [-0.15, -0.1) is 0 Å². The van der Waals surface area contributed by atoms with Crippen molar-refractivity contribution in [3.63, 3.8) is 0 Å². The monoisotopic (exact) mass is 585 g/mol. The van der Waals surface area contributed by atoms with Crippen LogP contribution < -0.4 is 15.4 Å². The molecule has 2 aromatic carbocycles. The lowest BCUT2D eigenvalue weighted by Gasteiger charge is -2.38. The van der Waals surface area contributed by atoms with E-state index in [4.69, 9.17) is 9.47 Å². The molecule has 3 heterocycles. The van der Waals surface area contributed by atoms with E-state index >= 15 is 0 Å². The topological polar surface area (TPSA) is 97.0 Å². The molecule has 6 rings (SSSR count). The average Bonchev–Trinajstić information content (AvgIpc) is 3.62. The number of amides is 3. The van der Waals surface area contributed by atoms with E-state index < -0.39 is 29.6 Å². The number of fused-ring (bicyclic) bond motifs is 1. The molecule has 4 aliphatic rings. The summed E-state index contributed by atoms with van der Waals surface area (Å²) < 4.78 is 12.4. The second kappa shape index (κ2) is 11.5. The van der Waals surface area contributed by atoms with Crippen LogP contribution in [0.25, 0.3) is 0 Å². The van der Waals surface area contributed by atoms with E-state index in [0.717, 1.165) is 36.0 Å². The van der Waals surface area contributed by atoms with Crippen LogP contribution in [-0.2, 0) is 25.7 Å². The van der Waals surface area contributed by atoms with E-state index in [0.29, 0.717) is 29.9 Å². The SMILES string of the molecule is CCOc1ccccc1CN1C(=O)[C@@H]2C(C(=O)Nc3ccc(C)c(C)c3)[C@@H]3C=CC2(O3)C1C(=O)NC1CCCC(C)C1C. The summed E-state index contributed by atoms with van der Waals surface area (Å²) in [6.45, 7) is 11.0. The van der Waals surface area contributed by atoms with Gasteiger partial charge in [-0.3, -0.25) is 14.4 Å². The standard InChI is InChI=1S/C35H43N3O5/c1-6-42-27-13-8-7-11-24(27)19-38-31(33(40)37-26-12-9-10-21(3)23(26)5)35-17-16-28(43-35)29(30(35)34(38)41)32(39)36-25-15-14-20(2)22(4)18-25/h7-8,11,13-18,21,23,26,28-31H,6,9-10,12,19H2,1-5H3,(H,36,39)(H,37,40)/t21?,23?,26?,28-,29?,30-,31?,35?/m0/s1. The highest BCUT2D eigenvalue weighted by molar-refractivity contribution is 6.02. The Morgan fingerprint density at radius 1 is 1.07 bits per heavy atom. The predicted molar refractivity (Wildman–Crippen MR) is 164 cm³/mol. The highest BCUT2D eigenvalue weighted by atomic mass is 16.5. The molecule has 1 aliphatic carbocycles. The zero-order chi connectivity index (χ0) is 30.5. The molecular weight excluding hydrogens is 542 g/mol. The molecule has 8 atom stereocenters. The first-order chi connectivity index (χ1) is 20.6. The molecule has 2 bridgehead atoms. The Hall–Kier alpha value is -3.65. The molecule has 3 amide bonds. The number of hydrogen-bond acceptors (Lipinski definition) is 5. The van der Waals surface area contributed by atoms with Crippen LogP contribution in [0.4, 0.5) is 5.69 Å². The summed E-state index contributed by atoms with van der Waals surface area (Å²) in [5.41, 5.74) is 2.46. The number of benzene rings is 2. The van der Waals surface area contributed by atoms with Crippen molar-refractivity contribution >= 4 is 23.4 Å². The number of carbonyl (C=O) groups is 3. The predicted octanol–water partition coefficient (Wildman–Crippen LogP) is 4.93. The minimum atomic E-state index is -1.22. The minimum Gasteiger partial charge on any atom is -0.494 e. The number of aryl methyl sites for hydroxylation is 2. The van der Waals surface area contributed by atoms with Crippen molar-refractivity contribution in [2.24, 2.45) is 23.7 Å². The molecule has 3 aliphatic heterocycles. The molecule has 0 aromatic heterocycles. The van der Waals surface area contributed by atoms with Gasteiger partial charge in [-0.1, -0.05) is 63.1 Å². The summed E-state index contributed by atoms with van der Waals surface area (Å²) in [6.07, 6.45) is 6.25. The smallest absolute Gasteiger partial charge is 0.246 e. The molecule has 2 N–H and O–H groups in total. The van der Waals surface area contributed by atoms with Crippen molar-refractivity contribution in [1.29, 1.82) is 0 Å². The number of likely N-dealkylation sites (tertiary alicyclic amines) is 1. The zero-order valence-corrected chi connectivity index (χ0v) is 25.8. The van der Waals surface area contributed by atoms with Crippen LogP contribution in [-0.4, -0.2) is 53.0 Å². The first kappa shape index (κ1) is 29.4. The summed E-state index contributed by atoms with van der Waals surface area (Å²) in [5, 5.41) is 6.36. The van der Waals surface area contributed by atoms with E-state index in [2.05, 4.69) is 24.5 Å². The van der Waals surface area contributed by atoms with Crippen molar-refractivity contribution < 1.29 is 23.9 Å². The summed E-state index contributed by atoms with van der Waals surface area (Å²) >= 11 is 0. The van der Waals surface area contributed by atoms with Crippen LogP contribution in [0, 0.1) is 37.5 Å². The summed E-state index contributed by atoms with van der Waals surface area (Å²) in [5.74, 6) is -0.819. The number of anilines is 1. The quantitative estimate of drug-likeness (QED) is 0.428. The Morgan fingerprint density at radius 3 is 2.63 bits per heavy atom. The lowest BCUT2D eigenvalue weighted by molar-refractivity contribution is -0.142. The van der Waals surface area contributed by atoms with Gasteiger partial charge >= 0.3 is 0 Å². The number of nitrogens with one attached hydrogen (secondary N) is 2. The highest BCUT2D eigenvalue weighted by Crippen LogP contribution is 2.55. The lowest BCUT2D eigenvalue weighted by atomic mass is 9.73. The summed E-state index contributed by atoms with van der Waals surface area (Å²) in [6, 6.07) is 12.5. The maximum Gasteiger partial charge on any atom is 0.246 e. The van der Waals surface area contributed by atoms with E-state index in [1.165, 1.54) is 0 Å². The molecule has 2 saturated heterocycles. The molecular formula is C35H43N3O5. The van der Waals surface area contributed by atoms with Crippen LogP contribution in [0.1, 0.15) is 56.7 Å². The highest BCUT2D eigenvalue weighted by Gasteiger charge is 2.72. The number of hydrogen-bond donors (Lipinski definition) is 2. The normalized spacial score (nSPS) is 32.5. The van der Waals surface area contributed by atoms with E-state index in [1.54, 1.807) is 4.90 Å². The van der Waals surface area contributed by atoms with E-state index in [9.17, 15) is 14.4 Å². The molecule has 8 nitrogen and oxygen atoms in total. The Labute approximate surface area is 254 Å². The van der Waals surface area contributed by atoms with Gasteiger partial charge in [0.15, 0.2) is 0 Å². The van der Waals surface area contributed by atoms with E-state index in [-0.39, 0.29) is 30.3 Å². The van der Waals surface area contributed by atoms with Gasteiger partial charge in [-0.25, -0.2) is 0 Å². The Balaban J connectivity index is 1.34. The second-order valence-electron chi connectivity index (χ2n) is 12.9. The molecule has 8 heteroatoms. The second-order valence-corrected chi connectivity index (χ2v) is 12.9. The third kappa shape index (κ3) is 5.03. The fourth-order valence-electron chi connectivity index (χ4n) is 7.64. The van der Waals surface area contributed by atoms with Gasteiger partial charge in [0.05, 0.1) is 31.1 Å². The maximum absolute atomic E-state index is 14.4. The molecule has 2 aromatic rings. The molecule has 0 radical (unpaired) electrons. The third-order valence-corrected chi connectivity index (χ3v) is 10.3. The largest absolute Gasteiger partial charge is 0.494 e. The molecule has 6 unspecified atom stereocenters. The molecule has 3 fully saturated rings. The van der Waals surface area contributed by atoms with Gasteiger partial charge in [0.25, 0.3) is 0 Å². The van der Waals surface area contributed by atoms with Crippen molar-refractivity contribution in [2.75, 3.05) is 11.9 Å². The molecule has 228 valence electrons. The molecule has 1 saturated carbocycles. The Morgan fingerprint density at radius 2 is 1.86 bits per heavy atom. The number of nitrogens with zero attached hydrogens (tertiary/aromatic N) is 1. The van der Waals surface area contributed by atoms with Crippen molar-refractivity contribution in [2.45, 2.75) is 84.2 Å². The third-order valence-electron chi connectivity index (χ3n) is 10.3. The first-order valence-corrected chi connectivity index (χ1v) is 15.7.